The van der Waals surface area contributed by atoms with Crippen LogP contribution >= 0.6 is 0 Å². The molecule has 0 radical (unpaired) electrons. The Kier molecular flexibility index (Phi) is 10.4. The van der Waals surface area contributed by atoms with E-state index in [-0.39, 0.29) is 6.04 Å². The second-order valence-corrected chi connectivity index (χ2v) is 6.00. The van der Waals surface area contributed by atoms with E-state index in [1.54, 1.807) is 14.2 Å². The van der Waals surface area contributed by atoms with E-state index in [0.717, 1.165) is 12.8 Å². The van der Waals surface area contributed by atoms with Crippen molar-refractivity contribution in [3.8, 4) is 0 Å². The van der Waals surface area contributed by atoms with E-state index in [4.69, 9.17) is 9.47 Å². The Morgan fingerprint density at radius 1 is 1.27 bits per heavy atom. The molecule has 0 saturated heterocycles. The standard InChI is InChI=1S/C15H32N4O3/c1-7-8-12(19-14(20)22-15(2,3)4)11-18-13(16-5)17-9-10-21-6/h12H,7-11H2,1-6H3,(H,19,20)(H2,16,17,18). The van der Waals surface area contributed by atoms with Crippen molar-refractivity contribution in [2.24, 2.45) is 4.99 Å². The zero-order chi connectivity index (χ0) is 17.0. The van der Waals surface area contributed by atoms with Crippen LogP contribution in [0.15, 0.2) is 4.99 Å². The van der Waals surface area contributed by atoms with E-state index >= 15 is 0 Å². The lowest BCUT2D eigenvalue weighted by Crippen LogP contribution is -2.48. The first-order valence-corrected chi connectivity index (χ1v) is 7.75. The van der Waals surface area contributed by atoms with Gasteiger partial charge in [-0.15, -0.1) is 0 Å². The Labute approximate surface area is 134 Å². The lowest BCUT2D eigenvalue weighted by Gasteiger charge is -2.24. The number of carbonyl (C=O) groups is 1. The van der Waals surface area contributed by atoms with Gasteiger partial charge in [-0.2, -0.15) is 0 Å². The van der Waals surface area contributed by atoms with Crippen LogP contribution in [0, 0.1) is 0 Å². The van der Waals surface area contributed by atoms with Gasteiger partial charge in [0, 0.05) is 33.3 Å². The van der Waals surface area contributed by atoms with Crippen molar-refractivity contribution in [2.45, 2.75) is 52.2 Å². The van der Waals surface area contributed by atoms with E-state index in [9.17, 15) is 4.79 Å². The molecular formula is C15H32N4O3. The molecule has 0 heterocycles. The molecule has 0 saturated carbocycles. The van der Waals surface area contributed by atoms with Crippen LogP contribution in [0.5, 0.6) is 0 Å². The largest absolute Gasteiger partial charge is 0.444 e. The van der Waals surface area contributed by atoms with Crippen LogP contribution < -0.4 is 16.0 Å². The van der Waals surface area contributed by atoms with Crippen LogP contribution in [0.1, 0.15) is 40.5 Å². The summed E-state index contributed by atoms with van der Waals surface area (Å²) in [5, 5.41) is 9.21. The fraction of sp³-hybridized carbons (Fsp3) is 0.867. The van der Waals surface area contributed by atoms with Crippen LogP contribution in [0.25, 0.3) is 0 Å². The average Bonchev–Trinajstić information content (AvgIpc) is 2.40. The van der Waals surface area contributed by atoms with E-state index in [1.165, 1.54) is 0 Å². The third kappa shape index (κ3) is 11.2. The van der Waals surface area contributed by atoms with Crippen molar-refractivity contribution in [3.63, 3.8) is 0 Å². The number of nitrogens with one attached hydrogen (secondary N) is 3. The van der Waals surface area contributed by atoms with E-state index in [1.807, 2.05) is 20.8 Å². The molecule has 7 nitrogen and oxygen atoms in total. The molecule has 1 amide bonds. The molecule has 1 unspecified atom stereocenters. The topological polar surface area (TPSA) is 84.0 Å². The molecular weight excluding hydrogens is 284 g/mol. The van der Waals surface area contributed by atoms with Crippen LogP contribution in [0.2, 0.25) is 0 Å². The lowest BCUT2D eigenvalue weighted by molar-refractivity contribution is 0.0502. The summed E-state index contributed by atoms with van der Waals surface area (Å²) in [4.78, 5) is 16.0. The van der Waals surface area contributed by atoms with Gasteiger partial charge in [0.15, 0.2) is 5.96 Å². The number of aliphatic imine (C=N–C) groups is 1. The highest BCUT2D eigenvalue weighted by atomic mass is 16.6. The third-order valence-electron chi connectivity index (χ3n) is 2.70. The van der Waals surface area contributed by atoms with Crippen molar-refractivity contribution in [1.82, 2.24) is 16.0 Å². The maximum atomic E-state index is 11.8. The van der Waals surface area contributed by atoms with Gasteiger partial charge in [-0.1, -0.05) is 13.3 Å². The maximum absolute atomic E-state index is 11.8. The SMILES string of the molecule is CCCC(CNC(=NC)NCCOC)NC(=O)OC(C)(C)C. The quantitative estimate of drug-likeness (QED) is 0.359. The Morgan fingerprint density at radius 2 is 1.95 bits per heavy atom. The van der Waals surface area contributed by atoms with Gasteiger partial charge in [0.1, 0.15) is 5.60 Å². The number of hydrogen-bond acceptors (Lipinski definition) is 4. The summed E-state index contributed by atoms with van der Waals surface area (Å²) in [6.07, 6.45) is 1.44. The second-order valence-electron chi connectivity index (χ2n) is 6.00. The molecule has 0 aromatic heterocycles. The Morgan fingerprint density at radius 3 is 2.45 bits per heavy atom. The number of nitrogens with zero attached hydrogens (tertiary/aromatic N) is 1. The summed E-state index contributed by atoms with van der Waals surface area (Å²) in [5.74, 6) is 0.684. The summed E-state index contributed by atoms with van der Waals surface area (Å²) in [5.41, 5.74) is -0.494. The minimum absolute atomic E-state index is 0.0131. The van der Waals surface area contributed by atoms with Crippen molar-refractivity contribution in [1.29, 1.82) is 0 Å². The van der Waals surface area contributed by atoms with Crippen LogP contribution in [0.4, 0.5) is 4.79 Å². The minimum atomic E-state index is -0.494. The molecule has 0 aliphatic rings. The molecule has 0 spiro atoms. The number of hydrogen-bond donors (Lipinski definition) is 3. The molecule has 130 valence electrons. The number of ether oxygens (including phenoxy) is 2. The summed E-state index contributed by atoms with van der Waals surface area (Å²) in [6, 6.07) is -0.0131. The van der Waals surface area contributed by atoms with Crippen molar-refractivity contribution in [3.05, 3.63) is 0 Å². The van der Waals surface area contributed by atoms with Crippen LogP contribution in [-0.2, 0) is 9.47 Å². The van der Waals surface area contributed by atoms with E-state index < -0.39 is 11.7 Å². The van der Waals surface area contributed by atoms with Gasteiger partial charge < -0.3 is 25.4 Å². The number of amides is 1. The highest BCUT2D eigenvalue weighted by Crippen LogP contribution is 2.07. The molecule has 0 bridgehead atoms. The molecule has 1 atom stereocenters. The molecule has 0 aliphatic heterocycles. The van der Waals surface area contributed by atoms with Crippen molar-refractivity contribution < 1.29 is 14.3 Å². The number of methoxy groups -OCH3 is 1. The fourth-order valence-electron chi connectivity index (χ4n) is 1.76. The first-order chi connectivity index (χ1) is 10.3. The van der Waals surface area contributed by atoms with Gasteiger partial charge >= 0.3 is 6.09 Å². The van der Waals surface area contributed by atoms with Crippen molar-refractivity contribution in [2.75, 3.05) is 33.9 Å². The summed E-state index contributed by atoms with van der Waals surface area (Å²) >= 11 is 0. The monoisotopic (exact) mass is 316 g/mol. The molecule has 3 N–H and O–H groups in total. The fourth-order valence-corrected chi connectivity index (χ4v) is 1.76. The third-order valence-corrected chi connectivity index (χ3v) is 2.70. The van der Waals surface area contributed by atoms with Gasteiger partial charge in [-0.05, 0) is 27.2 Å². The lowest BCUT2D eigenvalue weighted by atomic mass is 10.1. The summed E-state index contributed by atoms with van der Waals surface area (Å²) < 4.78 is 10.3. The predicted octanol–water partition coefficient (Wildman–Crippen LogP) is 1.49. The summed E-state index contributed by atoms with van der Waals surface area (Å²) in [7, 11) is 3.36. The second kappa shape index (κ2) is 11.1. The molecule has 0 aromatic carbocycles. The van der Waals surface area contributed by atoms with E-state index in [0.29, 0.717) is 25.7 Å². The smallest absolute Gasteiger partial charge is 0.407 e. The van der Waals surface area contributed by atoms with Crippen molar-refractivity contribution >= 4 is 12.1 Å². The first-order valence-electron chi connectivity index (χ1n) is 7.75. The van der Waals surface area contributed by atoms with Gasteiger partial charge in [0.05, 0.1) is 6.61 Å². The van der Waals surface area contributed by atoms with Gasteiger partial charge in [0.2, 0.25) is 0 Å². The minimum Gasteiger partial charge on any atom is -0.444 e. The molecule has 0 aromatic rings. The van der Waals surface area contributed by atoms with Crippen LogP contribution in [-0.4, -0.2) is 57.5 Å². The highest BCUT2D eigenvalue weighted by molar-refractivity contribution is 5.79. The van der Waals surface area contributed by atoms with Crippen LogP contribution in [0.3, 0.4) is 0 Å². The van der Waals surface area contributed by atoms with Gasteiger partial charge in [-0.3, -0.25) is 4.99 Å². The molecule has 0 aliphatic carbocycles. The molecule has 0 rings (SSSR count). The number of alkyl carbamates (subject to hydrolysis) is 1. The number of guanidine groups is 1. The van der Waals surface area contributed by atoms with E-state index in [2.05, 4.69) is 27.9 Å². The number of rotatable bonds is 8. The summed E-state index contributed by atoms with van der Waals surface area (Å²) in [6.45, 7) is 9.49. The Balaban J connectivity index is 4.30. The zero-order valence-corrected chi connectivity index (χ0v) is 14.8. The molecule has 0 fully saturated rings. The zero-order valence-electron chi connectivity index (χ0n) is 14.8. The Hall–Kier alpha value is -1.50. The molecule has 22 heavy (non-hydrogen) atoms. The van der Waals surface area contributed by atoms with Gasteiger partial charge in [-0.25, -0.2) is 4.79 Å². The van der Waals surface area contributed by atoms with Gasteiger partial charge in [0.25, 0.3) is 0 Å². The normalized spacial score (nSPS) is 13.5. The maximum Gasteiger partial charge on any atom is 0.407 e. The predicted molar refractivity (Wildman–Crippen MR) is 89.3 cm³/mol. The average molecular weight is 316 g/mol. The first kappa shape index (κ1) is 20.5. The highest BCUT2D eigenvalue weighted by Gasteiger charge is 2.19. The molecule has 7 heteroatoms. The Bertz CT molecular complexity index is 340. The number of carbonyl (C=O) groups excluding carboxylic acids is 1.